The minimum absolute atomic E-state index is 0.267. The standard InChI is InChI=1S/C22H23N3O4S/c1-15(2)20-14-23-22(29-20)17-7-11-18(12-8-17)24-21(26)13-6-16-4-9-19(10-5-16)25-30(3,27)28/h4-15,25H,1-3H3,(H,24,26)/b13-6+. The predicted octanol–water partition coefficient (Wildman–Crippen LogP) is 4.49. The monoisotopic (exact) mass is 425 g/mol. The van der Waals surface area contributed by atoms with Gasteiger partial charge < -0.3 is 9.73 Å². The van der Waals surface area contributed by atoms with E-state index in [2.05, 4.69) is 15.0 Å². The van der Waals surface area contributed by atoms with Crippen LogP contribution in [0.15, 0.2) is 65.2 Å². The van der Waals surface area contributed by atoms with Crippen LogP contribution in [0.25, 0.3) is 17.5 Å². The largest absolute Gasteiger partial charge is 0.441 e. The molecule has 0 aliphatic heterocycles. The summed E-state index contributed by atoms with van der Waals surface area (Å²) < 4.78 is 30.5. The normalized spacial score (nSPS) is 11.7. The Kier molecular flexibility index (Phi) is 6.37. The van der Waals surface area contributed by atoms with Crippen molar-refractivity contribution in [2.45, 2.75) is 19.8 Å². The molecule has 7 nitrogen and oxygen atoms in total. The van der Waals surface area contributed by atoms with Gasteiger partial charge in [0.15, 0.2) is 0 Å². The van der Waals surface area contributed by atoms with E-state index in [1.54, 1.807) is 48.7 Å². The average Bonchev–Trinajstić information content (AvgIpc) is 3.17. The molecule has 156 valence electrons. The first-order chi connectivity index (χ1) is 14.2. The molecule has 1 amide bonds. The van der Waals surface area contributed by atoms with Crippen LogP contribution in [-0.2, 0) is 14.8 Å². The summed E-state index contributed by atoms with van der Waals surface area (Å²) in [6.45, 7) is 4.08. The predicted molar refractivity (Wildman–Crippen MR) is 119 cm³/mol. The van der Waals surface area contributed by atoms with E-state index in [0.717, 1.165) is 23.1 Å². The van der Waals surface area contributed by atoms with E-state index in [4.69, 9.17) is 4.42 Å². The maximum atomic E-state index is 12.2. The molecule has 1 heterocycles. The second-order valence-corrected chi connectivity index (χ2v) is 8.87. The summed E-state index contributed by atoms with van der Waals surface area (Å²) in [4.78, 5) is 16.4. The highest BCUT2D eigenvalue weighted by atomic mass is 32.2. The van der Waals surface area contributed by atoms with Crippen LogP contribution in [-0.4, -0.2) is 25.6 Å². The van der Waals surface area contributed by atoms with Crippen molar-refractivity contribution >= 4 is 33.4 Å². The Labute approximate surface area is 175 Å². The van der Waals surface area contributed by atoms with Crippen molar-refractivity contribution in [3.63, 3.8) is 0 Å². The molecular formula is C22H23N3O4S. The van der Waals surface area contributed by atoms with Crippen LogP contribution in [0.1, 0.15) is 31.1 Å². The second-order valence-electron chi connectivity index (χ2n) is 7.12. The first kappa shape index (κ1) is 21.3. The molecule has 3 rings (SSSR count). The molecule has 0 aliphatic rings. The minimum atomic E-state index is -3.32. The highest BCUT2D eigenvalue weighted by Crippen LogP contribution is 2.24. The van der Waals surface area contributed by atoms with Crippen LogP contribution in [0.5, 0.6) is 0 Å². The van der Waals surface area contributed by atoms with Crippen molar-refractivity contribution in [1.29, 1.82) is 0 Å². The van der Waals surface area contributed by atoms with Crippen LogP contribution in [0, 0.1) is 0 Å². The van der Waals surface area contributed by atoms with Crippen molar-refractivity contribution in [3.05, 3.63) is 72.1 Å². The Bertz CT molecular complexity index is 1150. The molecule has 0 bridgehead atoms. The smallest absolute Gasteiger partial charge is 0.248 e. The molecule has 2 N–H and O–H groups in total. The fourth-order valence-corrected chi connectivity index (χ4v) is 3.18. The highest BCUT2D eigenvalue weighted by Gasteiger charge is 2.09. The molecule has 0 atom stereocenters. The van der Waals surface area contributed by atoms with E-state index in [0.29, 0.717) is 17.3 Å². The molecule has 1 aromatic heterocycles. The lowest BCUT2D eigenvalue weighted by Gasteiger charge is -2.04. The van der Waals surface area contributed by atoms with E-state index in [-0.39, 0.29) is 11.8 Å². The van der Waals surface area contributed by atoms with Gasteiger partial charge in [-0.05, 0) is 48.0 Å². The zero-order chi connectivity index (χ0) is 21.7. The topological polar surface area (TPSA) is 101 Å². The molecule has 2 aromatic carbocycles. The van der Waals surface area contributed by atoms with Gasteiger partial charge in [-0.15, -0.1) is 0 Å². The van der Waals surface area contributed by atoms with Gasteiger partial charge in [0.05, 0.1) is 12.5 Å². The van der Waals surface area contributed by atoms with Crippen LogP contribution in [0.2, 0.25) is 0 Å². The molecule has 0 saturated heterocycles. The van der Waals surface area contributed by atoms with Gasteiger partial charge in [-0.2, -0.15) is 0 Å². The molecule has 0 aliphatic carbocycles. The van der Waals surface area contributed by atoms with Gasteiger partial charge in [-0.3, -0.25) is 9.52 Å². The number of amides is 1. The molecule has 0 spiro atoms. The summed E-state index contributed by atoms with van der Waals surface area (Å²) in [5.74, 6) is 1.36. The third-order valence-corrected chi connectivity index (χ3v) is 4.74. The summed E-state index contributed by atoms with van der Waals surface area (Å²) in [5, 5.41) is 2.79. The zero-order valence-corrected chi connectivity index (χ0v) is 17.7. The number of carbonyl (C=O) groups excluding carboxylic acids is 1. The lowest BCUT2D eigenvalue weighted by molar-refractivity contribution is -0.111. The van der Waals surface area contributed by atoms with Gasteiger partial charge in [0.25, 0.3) is 0 Å². The molecule has 30 heavy (non-hydrogen) atoms. The third-order valence-electron chi connectivity index (χ3n) is 4.13. The molecule has 0 fully saturated rings. The van der Waals surface area contributed by atoms with Gasteiger partial charge >= 0.3 is 0 Å². The molecule has 0 radical (unpaired) electrons. The Morgan fingerprint density at radius 3 is 2.23 bits per heavy atom. The third kappa shape index (κ3) is 6.05. The number of anilines is 2. The SMILES string of the molecule is CC(C)c1cnc(-c2ccc(NC(=O)/C=C/c3ccc(NS(C)(=O)=O)cc3)cc2)o1. The van der Waals surface area contributed by atoms with Crippen LogP contribution >= 0.6 is 0 Å². The summed E-state index contributed by atoms with van der Waals surface area (Å²) in [7, 11) is -3.32. The maximum absolute atomic E-state index is 12.2. The van der Waals surface area contributed by atoms with Gasteiger partial charge in [0.2, 0.25) is 21.8 Å². The van der Waals surface area contributed by atoms with Gasteiger partial charge in [-0.25, -0.2) is 13.4 Å². The lowest BCUT2D eigenvalue weighted by Crippen LogP contribution is -2.09. The first-order valence-corrected chi connectivity index (χ1v) is 11.2. The van der Waals surface area contributed by atoms with Crippen molar-refractivity contribution in [1.82, 2.24) is 4.98 Å². The number of benzene rings is 2. The zero-order valence-electron chi connectivity index (χ0n) is 16.9. The first-order valence-electron chi connectivity index (χ1n) is 9.33. The van der Waals surface area contributed by atoms with Gasteiger partial charge in [0, 0.05) is 28.9 Å². The molecular weight excluding hydrogens is 402 g/mol. The van der Waals surface area contributed by atoms with Crippen LogP contribution in [0.3, 0.4) is 0 Å². The fourth-order valence-electron chi connectivity index (χ4n) is 2.62. The summed E-state index contributed by atoms with van der Waals surface area (Å²) >= 11 is 0. The number of hydrogen-bond donors (Lipinski definition) is 2. The summed E-state index contributed by atoms with van der Waals surface area (Å²) in [6.07, 6.45) is 5.88. The van der Waals surface area contributed by atoms with Crippen molar-refractivity contribution in [3.8, 4) is 11.5 Å². The van der Waals surface area contributed by atoms with E-state index >= 15 is 0 Å². The molecule has 3 aromatic rings. The fraction of sp³-hybridized carbons (Fsp3) is 0.182. The molecule has 0 unspecified atom stereocenters. The molecule has 8 heteroatoms. The summed E-state index contributed by atoms with van der Waals surface area (Å²) in [5.41, 5.74) is 2.71. The minimum Gasteiger partial charge on any atom is -0.441 e. The Balaban J connectivity index is 1.59. The Morgan fingerprint density at radius 2 is 1.67 bits per heavy atom. The number of aromatic nitrogens is 1. The van der Waals surface area contributed by atoms with Crippen LogP contribution in [0.4, 0.5) is 11.4 Å². The van der Waals surface area contributed by atoms with E-state index in [1.807, 2.05) is 26.0 Å². The number of sulfonamides is 1. The second kappa shape index (κ2) is 8.96. The number of carbonyl (C=O) groups is 1. The lowest BCUT2D eigenvalue weighted by atomic mass is 10.2. The molecule has 0 saturated carbocycles. The van der Waals surface area contributed by atoms with Gasteiger partial charge in [0.1, 0.15) is 5.76 Å². The number of rotatable bonds is 7. The maximum Gasteiger partial charge on any atom is 0.248 e. The quantitative estimate of drug-likeness (QED) is 0.543. The van der Waals surface area contributed by atoms with E-state index < -0.39 is 10.0 Å². The number of hydrogen-bond acceptors (Lipinski definition) is 5. The van der Waals surface area contributed by atoms with E-state index in [1.165, 1.54) is 6.08 Å². The number of nitrogens with one attached hydrogen (secondary N) is 2. The van der Waals surface area contributed by atoms with Crippen molar-refractivity contribution in [2.24, 2.45) is 0 Å². The average molecular weight is 426 g/mol. The number of oxazole rings is 1. The summed E-state index contributed by atoms with van der Waals surface area (Å²) in [6, 6.07) is 13.9. The van der Waals surface area contributed by atoms with Crippen molar-refractivity contribution in [2.75, 3.05) is 16.3 Å². The van der Waals surface area contributed by atoms with Crippen LogP contribution < -0.4 is 10.0 Å². The highest BCUT2D eigenvalue weighted by molar-refractivity contribution is 7.92. The van der Waals surface area contributed by atoms with Crippen molar-refractivity contribution < 1.29 is 17.6 Å². The Hall–Kier alpha value is -3.39. The number of nitrogens with zero attached hydrogens (tertiary/aromatic N) is 1. The van der Waals surface area contributed by atoms with Gasteiger partial charge in [-0.1, -0.05) is 26.0 Å². The van der Waals surface area contributed by atoms with E-state index in [9.17, 15) is 13.2 Å². The Morgan fingerprint density at radius 1 is 1.03 bits per heavy atom.